The van der Waals surface area contributed by atoms with Crippen LogP contribution in [0.2, 0.25) is 0 Å². The van der Waals surface area contributed by atoms with E-state index in [1.807, 2.05) is 0 Å². The Hall–Kier alpha value is -2.54. The summed E-state index contributed by atoms with van der Waals surface area (Å²) < 4.78 is 32.0. The first-order valence-electron chi connectivity index (χ1n) is 6.32. The van der Waals surface area contributed by atoms with Crippen molar-refractivity contribution in [3.8, 4) is 5.75 Å². The highest BCUT2D eigenvalue weighted by molar-refractivity contribution is 7.92. The van der Waals surface area contributed by atoms with Crippen molar-refractivity contribution in [1.82, 2.24) is 0 Å². The molecule has 1 N–H and O–H groups in total. The van der Waals surface area contributed by atoms with Gasteiger partial charge in [0.25, 0.3) is 10.0 Å². The van der Waals surface area contributed by atoms with Crippen molar-refractivity contribution in [1.29, 1.82) is 0 Å². The van der Waals surface area contributed by atoms with Crippen LogP contribution in [-0.2, 0) is 10.0 Å². The molecule has 0 bridgehead atoms. The molecule has 22 heavy (non-hydrogen) atoms. The summed E-state index contributed by atoms with van der Waals surface area (Å²) in [7, 11) is -2.34. The van der Waals surface area contributed by atoms with Gasteiger partial charge in [0.05, 0.1) is 23.7 Å². The van der Waals surface area contributed by atoms with Crippen molar-refractivity contribution < 1.29 is 23.1 Å². The zero-order valence-corrected chi connectivity index (χ0v) is 12.8. The van der Waals surface area contributed by atoms with Crippen molar-refractivity contribution in [2.75, 3.05) is 11.8 Å². The van der Waals surface area contributed by atoms with Gasteiger partial charge >= 0.3 is 0 Å². The van der Waals surface area contributed by atoms with E-state index in [4.69, 9.17) is 4.74 Å². The zero-order valence-electron chi connectivity index (χ0n) is 12.0. The number of aryl methyl sites for hydroxylation is 1. The van der Waals surface area contributed by atoms with E-state index in [1.165, 1.54) is 49.6 Å². The van der Waals surface area contributed by atoms with Gasteiger partial charge in [-0.05, 0) is 48.4 Å². The normalized spacial score (nSPS) is 11.0. The number of benzene rings is 2. The minimum absolute atomic E-state index is 0.0477. The van der Waals surface area contributed by atoms with E-state index < -0.39 is 16.0 Å². The fourth-order valence-electron chi connectivity index (χ4n) is 1.82. The molecule has 0 aliphatic rings. The zero-order chi connectivity index (χ0) is 16.3. The van der Waals surface area contributed by atoms with Gasteiger partial charge < -0.3 is 14.6 Å². The van der Waals surface area contributed by atoms with Crippen LogP contribution in [-0.4, -0.2) is 21.5 Å². The van der Waals surface area contributed by atoms with Crippen molar-refractivity contribution in [3.05, 3.63) is 53.6 Å². The van der Waals surface area contributed by atoms with Gasteiger partial charge in [0, 0.05) is 0 Å². The number of ether oxygens (including phenoxy) is 1. The molecule has 0 saturated carbocycles. The third kappa shape index (κ3) is 3.37. The van der Waals surface area contributed by atoms with E-state index >= 15 is 0 Å². The molecule has 0 aromatic heterocycles. The van der Waals surface area contributed by atoms with Gasteiger partial charge in [0.2, 0.25) is 0 Å². The van der Waals surface area contributed by atoms with Crippen molar-refractivity contribution in [2.24, 2.45) is 0 Å². The van der Waals surface area contributed by atoms with Crippen molar-refractivity contribution in [2.45, 2.75) is 11.8 Å². The SMILES string of the molecule is COc1ccc(S(=O)(=O)Nc2cc(C(=O)[O-])ccc2C)cc1. The standard InChI is InChI=1S/C15H15NO5S/c1-10-3-4-11(15(17)18)9-14(10)16-22(19,20)13-7-5-12(21-2)6-8-13/h3-9,16H,1-2H3,(H,17,18)/p-1. The molecule has 0 aliphatic heterocycles. The average molecular weight is 320 g/mol. The van der Waals surface area contributed by atoms with Gasteiger partial charge in [-0.25, -0.2) is 8.42 Å². The number of anilines is 1. The minimum Gasteiger partial charge on any atom is -0.545 e. The molecule has 0 atom stereocenters. The summed E-state index contributed by atoms with van der Waals surface area (Å²) in [5, 5.41) is 10.9. The molecule has 0 unspecified atom stereocenters. The molecule has 0 saturated heterocycles. The molecule has 6 nitrogen and oxygen atoms in total. The molecule has 7 heteroatoms. The number of carbonyl (C=O) groups is 1. The second kappa shape index (κ2) is 6.07. The average Bonchev–Trinajstić information content (AvgIpc) is 2.49. The highest BCUT2D eigenvalue weighted by Gasteiger charge is 2.15. The van der Waals surface area contributed by atoms with Crippen LogP contribution in [0, 0.1) is 6.92 Å². The number of hydrogen-bond donors (Lipinski definition) is 1. The summed E-state index contributed by atoms with van der Waals surface area (Å²) in [6.07, 6.45) is 0. The van der Waals surface area contributed by atoms with E-state index in [9.17, 15) is 18.3 Å². The van der Waals surface area contributed by atoms with E-state index in [1.54, 1.807) is 6.92 Å². The third-order valence-corrected chi connectivity index (χ3v) is 4.47. The molecule has 2 rings (SSSR count). The fourth-order valence-corrected chi connectivity index (χ4v) is 2.94. The monoisotopic (exact) mass is 320 g/mol. The Bertz CT molecular complexity index is 797. The molecule has 116 valence electrons. The van der Waals surface area contributed by atoms with Gasteiger partial charge in [-0.15, -0.1) is 0 Å². The molecular formula is C15H14NO5S-. The largest absolute Gasteiger partial charge is 0.545 e. The Balaban J connectivity index is 2.35. The third-order valence-electron chi connectivity index (χ3n) is 3.09. The summed E-state index contributed by atoms with van der Waals surface area (Å²) in [4.78, 5) is 10.9. The maximum Gasteiger partial charge on any atom is 0.261 e. The van der Waals surface area contributed by atoms with Crippen molar-refractivity contribution >= 4 is 21.7 Å². The maximum atomic E-state index is 12.3. The number of methoxy groups -OCH3 is 1. The first-order valence-corrected chi connectivity index (χ1v) is 7.80. The Labute approximate surface area is 128 Å². The summed E-state index contributed by atoms with van der Waals surface area (Å²) >= 11 is 0. The van der Waals surface area contributed by atoms with Crippen LogP contribution >= 0.6 is 0 Å². The number of sulfonamides is 1. The summed E-state index contributed by atoms with van der Waals surface area (Å²) in [6.45, 7) is 1.67. The Morgan fingerprint density at radius 2 is 1.77 bits per heavy atom. The second-order valence-electron chi connectivity index (χ2n) is 4.60. The molecule has 0 aliphatic carbocycles. The minimum atomic E-state index is -3.82. The quantitative estimate of drug-likeness (QED) is 0.892. The van der Waals surface area contributed by atoms with Crippen LogP contribution in [0.5, 0.6) is 5.75 Å². The van der Waals surface area contributed by atoms with Crippen molar-refractivity contribution in [3.63, 3.8) is 0 Å². The lowest BCUT2D eigenvalue weighted by atomic mass is 10.1. The molecular weight excluding hydrogens is 306 g/mol. The lowest BCUT2D eigenvalue weighted by Gasteiger charge is -2.13. The molecule has 2 aromatic rings. The van der Waals surface area contributed by atoms with Gasteiger partial charge in [-0.2, -0.15) is 0 Å². The smallest absolute Gasteiger partial charge is 0.261 e. The summed E-state index contributed by atoms with van der Waals surface area (Å²) in [5.74, 6) is -0.834. The number of carboxylic acids is 1. The van der Waals surface area contributed by atoms with E-state index in [0.717, 1.165) is 0 Å². The first-order chi connectivity index (χ1) is 10.3. The number of carbonyl (C=O) groups excluding carboxylic acids is 1. The highest BCUT2D eigenvalue weighted by Crippen LogP contribution is 2.22. The van der Waals surface area contributed by atoms with Gasteiger partial charge in [0.1, 0.15) is 5.75 Å². The van der Waals surface area contributed by atoms with E-state index in [-0.39, 0.29) is 16.1 Å². The number of rotatable bonds is 5. The highest BCUT2D eigenvalue weighted by atomic mass is 32.2. The van der Waals surface area contributed by atoms with Crippen LogP contribution in [0.25, 0.3) is 0 Å². The molecule has 0 radical (unpaired) electrons. The second-order valence-corrected chi connectivity index (χ2v) is 6.28. The molecule has 0 amide bonds. The molecule has 2 aromatic carbocycles. The lowest BCUT2D eigenvalue weighted by molar-refractivity contribution is -0.255. The van der Waals surface area contributed by atoms with Crippen LogP contribution in [0.3, 0.4) is 0 Å². The number of carboxylic acid groups (broad SMARTS) is 1. The molecule has 0 spiro atoms. The summed E-state index contributed by atoms with van der Waals surface area (Å²) in [5.41, 5.74) is 0.692. The maximum absolute atomic E-state index is 12.3. The topological polar surface area (TPSA) is 95.5 Å². The molecule has 0 fully saturated rings. The van der Waals surface area contributed by atoms with Gasteiger partial charge in [-0.3, -0.25) is 4.72 Å². The number of aromatic carboxylic acids is 1. The van der Waals surface area contributed by atoms with Crippen LogP contribution in [0.1, 0.15) is 15.9 Å². The number of hydrogen-bond acceptors (Lipinski definition) is 5. The predicted octanol–water partition coefficient (Wildman–Crippen LogP) is 1.17. The number of nitrogens with one attached hydrogen (secondary N) is 1. The van der Waals surface area contributed by atoms with Crippen LogP contribution in [0.15, 0.2) is 47.4 Å². The van der Waals surface area contributed by atoms with Gasteiger partial charge in [0.15, 0.2) is 0 Å². The first kappa shape index (κ1) is 15.8. The van der Waals surface area contributed by atoms with E-state index in [0.29, 0.717) is 11.3 Å². The molecule has 0 heterocycles. The fraction of sp³-hybridized carbons (Fsp3) is 0.133. The Morgan fingerprint density at radius 1 is 1.14 bits per heavy atom. The summed E-state index contributed by atoms with van der Waals surface area (Å²) in [6, 6.07) is 9.95. The van der Waals surface area contributed by atoms with E-state index in [2.05, 4.69) is 4.72 Å². The Kier molecular flexibility index (Phi) is 4.37. The predicted molar refractivity (Wildman–Crippen MR) is 79.3 cm³/mol. The van der Waals surface area contributed by atoms with Gasteiger partial charge in [-0.1, -0.05) is 12.1 Å². The lowest BCUT2D eigenvalue weighted by Crippen LogP contribution is -2.22. The van der Waals surface area contributed by atoms with Crippen LogP contribution < -0.4 is 14.6 Å². The Morgan fingerprint density at radius 3 is 2.32 bits per heavy atom. The van der Waals surface area contributed by atoms with Crippen LogP contribution in [0.4, 0.5) is 5.69 Å².